The fourth-order valence-electron chi connectivity index (χ4n) is 7.83. The van der Waals surface area contributed by atoms with Gasteiger partial charge in [-0.25, -0.2) is 0 Å². The van der Waals surface area contributed by atoms with E-state index in [0.717, 1.165) is 56.2 Å². The number of aromatic nitrogens is 1. The number of nitrogens with two attached hydrogens (primary N) is 1. The molecule has 0 radical (unpaired) electrons. The van der Waals surface area contributed by atoms with E-state index in [1.54, 1.807) is 11.3 Å². The third kappa shape index (κ3) is 4.02. The zero-order chi connectivity index (χ0) is 23.1. The van der Waals surface area contributed by atoms with Crippen LogP contribution in [0.2, 0.25) is 4.47 Å². The molecule has 4 atom stereocenters. The molecule has 3 heterocycles. The SMILES string of the molecule is O=C([C@@H]1C[NH2+]C[C@]12CCCc1[nH+]c(Cl)sc12)N1CC[C@@H](c2ccccc2)C[C@H]1C1CCCCC1. The molecular formula is C28H38ClN3OS+2. The molecule has 6 rings (SSSR count). The van der Waals surface area contributed by atoms with E-state index in [-0.39, 0.29) is 11.3 Å². The van der Waals surface area contributed by atoms with Gasteiger partial charge in [-0.1, -0.05) is 60.9 Å². The lowest BCUT2D eigenvalue weighted by Crippen LogP contribution is -2.82. The minimum absolute atomic E-state index is 0.0354. The highest BCUT2D eigenvalue weighted by Gasteiger charge is 2.57. The van der Waals surface area contributed by atoms with Crippen LogP contribution in [0, 0.1) is 11.8 Å². The summed E-state index contributed by atoms with van der Waals surface area (Å²) in [6.07, 6.45) is 12.1. The van der Waals surface area contributed by atoms with Gasteiger partial charge < -0.3 is 10.2 Å². The number of fused-ring (bicyclic) bond motifs is 2. The summed E-state index contributed by atoms with van der Waals surface area (Å²) >= 11 is 8.14. The van der Waals surface area contributed by atoms with Crippen molar-refractivity contribution in [1.29, 1.82) is 0 Å². The highest BCUT2D eigenvalue weighted by Crippen LogP contribution is 2.48. The van der Waals surface area contributed by atoms with Crippen molar-refractivity contribution in [2.75, 3.05) is 19.6 Å². The van der Waals surface area contributed by atoms with E-state index in [9.17, 15) is 4.79 Å². The minimum Gasteiger partial charge on any atom is -0.345 e. The molecule has 34 heavy (non-hydrogen) atoms. The van der Waals surface area contributed by atoms with Gasteiger partial charge in [0.1, 0.15) is 5.92 Å². The maximum absolute atomic E-state index is 14.5. The Morgan fingerprint density at radius 1 is 1.12 bits per heavy atom. The van der Waals surface area contributed by atoms with Crippen molar-refractivity contribution in [1.82, 2.24) is 4.90 Å². The average molecular weight is 500 g/mol. The predicted octanol–water partition coefficient (Wildman–Crippen LogP) is 4.34. The number of carbonyl (C=O) groups is 1. The highest BCUT2D eigenvalue weighted by molar-refractivity contribution is 7.15. The molecule has 4 nitrogen and oxygen atoms in total. The van der Waals surface area contributed by atoms with E-state index >= 15 is 0 Å². The summed E-state index contributed by atoms with van der Waals surface area (Å²) in [5.74, 6) is 1.76. The first-order chi connectivity index (χ1) is 16.7. The van der Waals surface area contributed by atoms with Crippen molar-refractivity contribution in [2.24, 2.45) is 11.8 Å². The van der Waals surface area contributed by atoms with Gasteiger partial charge in [-0.2, -0.15) is 4.98 Å². The smallest absolute Gasteiger partial charge is 0.331 e. The second-order valence-corrected chi connectivity index (χ2v) is 12.9. The number of rotatable bonds is 3. The Labute approximate surface area is 212 Å². The topological polar surface area (TPSA) is 51.1 Å². The van der Waals surface area contributed by atoms with Gasteiger partial charge in [0, 0.05) is 30.6 Å². The summed E-state index contributed by atoms with van der Waals surface area (Å²) in [7, 11) is 0. The van der Waals surface area contributed by atoms with Crippen LogP contribution in [-0.4, -0.2) is 36.5 Å². The number of piperidine rings is 1. The van der Waals surface area contributed by atoms with Crippen LogP contribution in [0.3, 0.4) is 0 Å². The van der Waals surface area contributed by atoms with Crippen LogP contribution in [0.15, 0.2) is 30.3 Å². The maximum atomic E-state index is 14.5. The number of nitrogens with zero attached hydrogens (tertiary/aromatic N) is 1. The largest absolute Gasteiger partial charge is 0.345 e. The number of hydrogen-bond donors (Lipinski definition) is 1. The van der Waals surface area contributed by atoms with E-state index in [4.69, 9.17) is 11.6 Å². The Bertz CT molecular complexity index is 1020. The molecule has 182 valence electrons. The van der Waals surface area contributed by atoms with Crippen LogP contribution in [0.25, 0.3) is 0 Å². The number of H-pyrrole nitrogens is 1. The lowest BCUT2D eigenvalue weighted by Gasteiger charge is -2.46. The van der Waals surface area contributed by atoms with Crippen LogP contribution >= 0.6 is 22.9 Å². The third-order valence-electron chi connectivity index (χ3n) is 9.49. The molecule has 2 aliphatic heterocycles. The Hall–Kier alpha value is -1.43. The number of carbonyl (C=O) groups excluding carboxylic acids is 1. The number of likely N-dealkylation sites (tertiary alicyclic amines) is 1. The van der Waals surface area contributed by atoms with Gasteiger partial charge in [0.15, 0.2) is 5.69 Å². The molecule has 3 fully saturated rings. The molecule has 6 heteroatoms. The van der Waals surface area contributed by atoms with E-state index in [1.807, 2.05) is 0 Å². The van der Waals surface area contributed by atoms with Crippen LogP contribution in [-0.2, 0) is 16.6 Å². The van der Waals surface area contributed by atoms with E-state index < -0.39 is 0 Å². The number of benzene rings is 1. The molecule has 1 saturated carbocycles. The summed E-state index contributed by atoms with van der Waals surface area (Å²) in [4.78, 5) is 21.6. The number of nitrogens with one attached hydrogen (secondary N) is 1. The standard InChI is InChI=1S/C28H36ClN3OS/c29-27-31-23-12-7-14-28(25(23)34-27)18-30-17-22(28)26(33)32-15-13-21(19-8-3-1-4-9-19)16-24(32)20-10-5-2-6-11-20/h1,3-4,8-9,20-22,24,30H,2,5-7,10-18H2/p+2/t21-,22+,24+,28-/m1/s1. The summed E-state index contributed by atoms with van der Waals surface area (Å²) in [6, 6.07) is 11.4. The third-order valence-corrected chi connectivity index (χ3v) is 10.9. The van der Waals surface area contributed by atoms with Gasteiger partial charge in [0.2, 0.25) is 5.91 Å². The first-order valence-corrected chi connectivity index (χ1v) is 14.7. The minimum atomic E-state index is -0.0354. The van der Waals surface area contributed by atoms with Gasteiger partial charge in [0.05, 0.1) is 23.4 Å². The van der Waals surface area contributed by atoms with Crippen LogP contribution in [0.1, 0.15) is 79.8 Å². The average Bonchev–Trinajstić information content (AvgIpc) is 3.48. The second kappa shape index (κ2) is 9.55. The van der Waals surface area contributed by atoms with Gasteiger partial charge in [0.25, 0.3) is 0 Å². The molecular weight excluding hydrogens is 462 g/mol. The van der Waals surface area contributed by atoms with Crippen molar-refractivity contribution in [3.63, 3.8) is 0 Å². The van der Waals surface area contributed by atoms with Crippen molar-refractivity contribution in [3.05, 3.63) is 50.9 Å². The van der Waals surface area contributed by atoms with Crippen LogP contribution in [0.5, 0.6) is 0 Å². The number of amides is 1. The van der Waals surface area contributed by atoms with Gasteiger partial charge in [-0.3, -0.25) is 4.79 Å². The number of hydrogen-bond acceptors (Lipinski definition) is 2. The first kappa shape index (κ1) is 23.0. The molecule has 2 aromatic rings. The molecule has 2 aliphatic carbocycles. The molecule has 1 amide bonds. The summed E-state index contributed by atoms with van der Waals surface area (Å²) < 4.78 is 0.771. The summed E-state index contributed by atoms with van der Waals surface area (Å²) in [5, 5.41) is 2.40. The molecule has 1 aromatic carbocycles. The normalized spacial score (nSPS) is 32.1. The van der Waals surface area contributed by atoms with Gasteiger partial charge >= 0.3 is 4.47 Å². The molecule has 0 bridgehead atoms. The number of thiazole rings is 1. The van der Waals surface area contributed by atoms with Crippen molar-refractivity contribution < 1.29 is 15.1 Å². The molecule has 1 aromatic heterocycles. The fourth-order valence-corrected chi connectivity index (χ4v) is 9.34. The number of quaternary nitrogens is 1. The lowest BCUT2D eigenvalue weighted by molar-refractivity contribution is -0.640. The molecule has 0 unspecified atom stereocenters. The first-order valence-electron chi connectivity index (χ1n) is 13.5. The summed E-state index contributed by atoms with van der Waals surface area (Å²) in [5.41, 5.74) is 2.72. The Balaban J connectivity index is 1.30. The quantitative estimate of drug-likeness (QED) is 0.671. The second-order valence-electron chi connectivity index (χ2n) is 11.2. The zero-order valence-electron chi connectivity index (χ0n) is 20.1. The molecule has 3 N–H and O–H groups in total. The van der Waals surface area contributed by atoms with Crippen LogP contribution in [0.4, 0.5) is 0 Å². The lowest BCUT2D eigenvalue weighted by atomic mass is 9.68. The van der Waals surface area contributed by atoms with Crippen LogP contribution < -0.4 is 10.3 Å². The zero-order valence-corrected chi connectivity index (χ0v) is 21.7. The summed E-state index contributed by atoms with van der Waals surface area (Å²) in [6.45, 7) is 2.86. The molecule has 2 saturated heterocycles. The van der Waals surface area contributed by atoms with Crippen molar-refractivity contribution in [3.8, 4) is 0 Å². The molecule has 1 spiro atoms. The van der Waals surface area contributed by atoms with Gasteiger partial charge in [-0.05, 0) is 55.9 Å². The Morgan fingerprint density at radius 3 is 2.76 bits per heavy atom. The van der Waals surface area contributed by atoms with E-state index in [2.05, 4.69) is 45.5 Å². The number of aryl methyl sites for hydroxylation is 1. The maximum Gasteiger partial charge on any atom is 0.331 e. The van der Waals surface area contributed by atoms with Crippen molar-refractivity contribution >= 4 is 28.8 Å². The predicted molar refractivity (Wildman–Crippen MR) is 136 cm³/mol. The fraction of sp³-hybridized carbons (Fsp3) is 0.643. The number of halogens is 1. The molecule has 4 aliphatic rings. The Morgan fingerprint density at radius 2 is 1.94 bits per heavy atom. The Kier molecular flexibility index (Phi) is 6.46. The van der Waals surface area contributed by atoms with E-state index in [1.165, 1.54) is 48.2 Å². The van der Waals surface area contributed by atoms with Crippen molar-refractivity contribution in [2.45, 2.75) is 81.6 Å². The number of aromatic amines is 1. The highest BCUT2D eigenvalue weighted by atomic mass is 35.5. The van der Waals surface area contributed by atoms with E-state index in [0.29, 0.717) is 23.8 Å². The monoisotopic (exact) mass is 499 g/mol. The van der Waals surface area contributed by atoms with Gasteiger partial charge in [-0.15, -0.1) is 0 Å².